The van der Waals surface area contributed by atoms with Crippen molar-refractivity contribution >= 4 is 17.6 Å². The minimum absolute atomic E-state index is 0.155. The van der Waals surface area contributed by atoms with Crippen molar-refractivity contribution in [3.05, 3.63) is 58.4 Å². The van der Waals surface area contributed by atoms with E-state index in [1.807, 2.05) is 0 Å². The monoisotopic (exact) mass is 528 g/mol. The van der Waals surface area contributed by atoms with Gasteiger partial charge in [0, 0.05) is 28.6 Å². The van der Waals surface area contributed by atoms with E-state index in [1.54, 1.807) is 39.0 Å². The highest BCUT2D eigenvalue weighted by Gasteiger charge is 2.33. The Kier molecular flexibility index (Phi) is 8.15. The van der Waals surface area contributed by atoms with Gasteiger partial charge in [0.2, 0.25) is 0 Å². The fourth-order valence-corrected chi connectivity index (χ4v) is 3.65. The molecule has 194 valence electrons. The van der Waals surface area contributed by atoms with E-state index in [0.29, 0.717) is 27.5 Å². The van der Waals surface area contributed by atoms with Crippen LogP contribution in [0.3, 0.4) is 0 Å². The Morgan fingerprint density at radius 1 is 1.17 bits per heavy atom. The van der Waals surface area contributed by atoms with Crippen molar-refractivity contribution in [2.24, 2.45) is 0 Å². The molecule has 36 heavy (non-hydrogen) atoms. The Morgan fingerprint density at radius 3 is 2.47 bits per heavy atom. The first-order valence-corrected chi connectivity index (χ1v) is 11.1. The Bertz CT molecular complexity index is 1270. The standard InChI is InChI=1S/C24H24ClF3N2O6/c1-23(2,3)36-22(32)18(7-8-35-24(26,27)28)30-12-20(33-4)17(10-21(30)31)16-9-14(25)5-6-15(16)19-11-29-13-34-19/h5-6,9-13,18H,7-8H2,1-4H3. The van der Waals surface area contributed by atoms with Crippen molar-refractivity contribution in [1.29, 1.82) is 0 Å². The number of oxazole rings is 1. The zero-order valence-corrected chi connectivity index (χ0v) is 20.6. The number of halogens is 4. The first-order chi connectivity index (χ1) is 16.8. The summed E-state index contributed by atoms with van der Waals surface area (Å²) in [6.07, 6.45) is -1.39. The molecule has 3 rings (SSSR count). The van der Waals surface area contributed by atoms with Crippen LogP contribution in [0.4, 0.5) is 13.2 Å². The summed E-state index contributed by atoms with van der Waals surface area (Å²) in [6, 6.07) is 4.71. The molecule has 1 aromatic carbocycles. The maximum absolute atomic E-state index is 13.2. The molecule has 2 heterocycles. The molecule has 0 saturated heterocycles. The topological polar surface area (TPSA) is 92.8 Å². The van der Waals surface area contributed by atoms with Crippen molar-refractivity contribution in [2.75, 3.05) is 13.7 Å². The summed E-state index contributed by atoms with van der Waals surface area (Å²) in [5, 5.41) is 0.371. The molecule has 0 N–H and O–H groups in total. The van der Waals surface area contributed by atoms with Crippen LogP contribution in [-0.2, 0) is 14.3 Å². The average Bonchev–Trinajstić information content (AvgIpc) is 3.29. The van der Waals surface area contributed by atoms with Crippen molar-refractivity contribution in [3.8, 4) is 28.2 Å². The highest BCUT2D eigenvalue weighted by atomic mass is 35.5. The van der Waals surface area contributed by atoms with Crippen molar-refractivity contribution in [3.63, 3.8) is 0 Å². The van der Waals surface area contributed by atoms with Gasteiger partial charge in [0.05, 0.1) is 26.1 Å². The van der Waals surface area contributed by atoms with Crippen molar-refractivity contribution in [1.82, 2.24) is 9.55 Å². The molecule has 0 aliphatic rings. The average molecular weight is 529 g/mol. The predicted octanol–water partition coefficient (Wildman–Crippen LogP) is 5.64. The van der Waals surface area contributed by atoms with Crippen LogP contribution in [0.5, 0.6) is 5.75 Å². The largest absolute Gasteiger partial charge is 0.522 e. The summed E-state index contributed by atoms with van der Waals surface area (Å²) in [4.78, 5) is 30.0. The number of hydrogen-bond donors (Lipinski definition) is 0. The first kappa shape index (κ1) is 27.3. The molecule has 1 atom stereocenters. The van der Waals surface area contributed by atoms with Gasteiger partial charge in [-0.1, -0.05) is 11.6 Å². The number of pyridine rings is 1. The normalized spacial score (nSPS) is 12.9. The lowest BCUT2D eigenvalue weighted by molar-refractivity contribution is -0.325. The molecule has 0 amide bonds. The van der Waals surface area contributed by atoms with Gasteiger partial charge in [-0.15, -0.1) is 13.2 Å². The number of hydrogen-bond acceptors (Lipinski definition) is 7. The van der Waals surface area contributed by atoms with E-state index in [9.17, 15) is 22.8 Å². The molecule has 0 radical (unpaired) electrons. The third-order valence-electron chi connectivity index (χ3n) is 4.91. The highest BCUT2D eigenvalue weighted by Crippen LogP contribution is 2.38. The zero-order chi connectivity index (χ0) is 26.7. The smallest absolute Gasteiger partial charge is 0.495 e. The van der Waals surface area contributed by atoms with Gasteiger partial charge in [-0.05, 0) is 44.5 Å². The van der Waals surface area contributed by atoms with Gasteiger partial charge in [-0.2, -0.15) is 0 Å². The third-order valence-corrected chi connectivity index (χ3v) is 5.14. The van der Waals surface area contributed by atoms with Crippen LogP contribution >= 0.6 is 11.6 Å². The number of esters is 1. The van der Waals surface area contributed by atoms with Crippen LogP contribution in [0.25, 0.3) is 22.5 Å². The molecule has 0 aliphatic heterocycles. The van der Waals surface area contributed by atoms with E-state index in [1.165, 1.54) is 32.0 Å². The van der Waals surface area contributed by atoms with Crippen LogP contribution in [0.1, 0.15) is 33.2 Å². The van der Waals surface area contributed by atoms with Gasteiger partial charge in [0.25, 0.3) is 5.56 Å². The number of alkyl halides is 3. The number of benzene rings is 1. The van der Waals surface area contributed by atoms with E-state index < -0.39 is 42.6 Å². The SMILES string of the molecule is COc1cn(C(CCOC(F)(F)F)C(=O)OC(C)(C)C)c(=O)cc1-c1cc(Cl)ccc1-c1cnco1. The van der Waals surface area contributed by atoms with Crippen LogP contribution in [0, 0.1) is 0 Å². The lowest BCUT2D eigenvalue weighted by Gasteiger charge is -2.26. The minimum Gasteiger partial charge on any atom is -0.495 e. The van der Waals surface area contributed by atoms with Gasteiger partial charge in [0.1, 0.15) is 17.4 Å². The lowest BCUT2D eigenvalue weighted by Crippen LogP contribution is -2.35. The Balaban J connectivity index is 2.10. The van der Waals surface area contributed by atoms with Gasteiger partial charge in [-0.25, -0.2) is 9.78 Å². The first-order valence-electron chi connectivity index (χ1n) is 10.7. The number of rotatable bonds is 8. The molecule has 0 spiro atoms. The molecule has 0 fully saturated rings. The molecule has 0 bridgehead atoms. The van der Waals surface area contributed by atoms with E-state index in [4.69, 9.17) is 25.5 Å². The van der Waals surface area contributed by atoms with E-state index in [0.717, 1.165) is 4.57 Å². The zero-order valence-electron chi connectivity index (χ0n) is 19.9. The maximum atomic E-state index is 13.2. The summed E-state index contributed by atoms with van der Waals surface area (Å²) in [5.41, 5.74) is -0.260. The second kappa shape index (κ2) is 10.8. The number of carbonyl (C=O) groups excluding carboxylic acids is 1. The van der Waals surface area contributed by atoms with Gasteiger partial charge < -0.3 is 13.9 Å². The molecular formula is C24H24ClF3N2O6. The van der Waals surface area contributed by atoms with Crippen LogP contribution in [0.2, 0.25) is 5.02 Å². The van der Waals surface area contributed by atoms with E-state index >= 15 is 0 Å². The van der Waals surface area contributed by atoms with Gasteiger partial charge >= 0.3 is 12.3 Å². The second-order valence-corrected chi connectivity index (χ2v) is 9.13. The highest BCUT2D eigenvalue weighted by molar-refractivity contribution is 6.31. The fourth-order valence-electron chi connectivity index (χ4n) is 3.47. The number of aromatic nitrogens is 2. The van der Waals surface area contributed by atoms with Crippen molar-refractivity contribution in [2.45, 2.75) is 45.2 Å². The summed E-state index contributed by atoms with van der Waals surface area (Å²) in [6.45, 7) is 3.94. The Hall–Kier alpha value is -3.31. The fraction of sp³-hybridized carbons (Fsp3) is 0.375. The minimum atomic E-state index is -4.89. The Labute approximate surface area is 209 Å². The third kappa shape index (κ3) is 6.88. The van der Waals surface area contributed by atoms with Crippen LogP contribution < -0.4 is 10.3 Å². The molecule has 0 saturated carbocycles. The molecule has 0 aliphatic carbocycles. The van der Waals surface area contributed by atoms with E-state index in [-0.39, 0.29) is 5.75 Å². The molecule has 12 heteroatoms. The van der Waals surface area contributed by atoms with Crippen LogP contribution in [-0.4, -0.2) is 41.2 Å². The predicted molar refractivity (Wildman–Crippen MR) is 125 cm³/mol. The van der Waals surface area contributed by atoms with E-state index in [2.05, 4.69) is 9.72 Å². The van der Waals surface area contributed by atoms with Gasteiger partial charge in [0.15, 0.2) is 12.2 Å². The molecular weight excluding hydrogens is 505 g/mol. The molecule has 2 aromatic heterocycles. The number of ether oxygens (including phenoxy) is 3. The van der Waals surface area contributed by atoms with Crippen molar-refractivity contribution < 1.29 is 36.6 Å². The Morgan fingerprint density at radius 2 is 1.89 bits per heavy atom. The number of nitrogens with zero attached hydrogens (tertiary/aromatic N) is 2. The number of carbonyl (C=O) groups is 1. The summed E-state index contributed by atoms with van der Waals surface area (Å²) in [5.74, 6) is -0.331. The second-order valence-electron chi connectivity index (χ2n) is 8.69. The quantitative estimate of drug-likeness (QED) is 0.349. The van der Waals surface area contributed by atoms with Crippen LogP contribution in [0.15, 0.2) is 52.3 Å². The summed E-state index contributed by atoms with van der Waals surface area (Å²) >= 11 is 6.20. The lowest BCUT2D eigenvalue weighted by atomic mass is 9.98. The summed E-state index contributed by atoms with van der Waals surface area (Å²) in [7, 11) is 1.35. The molecule has 8 nitrogen and oxygen atoms in total. The van der Waals surface area contributed by atoms with Gasteiger partial charge in [-0.3, -0.25) is 14.1 Å². The molecule has 3 aromatic rings. The summed E-state index contributed by atoms with van der Waals surface area (Å²) < 4.78 is 58.7. The maximum Gasteiger partial charge on any atom is 0.522 e. The number of methoxy groups -OCH3 is 1. The molecule has 1 unspecified atom stereocenters.